The molecular formula is C18H19N3O3. The number of carbonyl (C=O) groups is 3. The van der Waals surface area contributed by atoms with E-state index in [1.54, 1.807) is 37.3 Å². The Balaban J connectivity index is 2.11. The topological polar surface area (TPSA) is 92.5 Å². The van der Waals surface area contributed by atoms with Crippen LogP contribution in [0.15, 0.2) is 48.5 Å². The summed E-state index contributed by atoms with van der Waals surface area (Å²) in [6.07, 6.45) is 0. The summed E-state index contributed by atoms with van der Waals surface area (Å²) in [6, 6.07) is 13.3. The summed E-state index contributed by atoms with van der Waals surface area (Å²) in [4.78, 5) is 37.8. The molecule has 0 aliphatic rings. The van der Waals surface area contributed by atoms with Crippen LogP contribution in [0.3, 0.4) is 0 Å². The number of rotatable bonds is 3. The minimum Gasteiger partial charge on any atom is -0.399 e. The zero-order chi connectivity index (χ0) is 17.7. The van der Waals surface area contributed by atoms with E-state index in [1.165, 1.54) is 17.0 Å². The molecule has 3 N–H and O–H groups in total. The molecule has 0 heterocycles. The Morgan fingerprint density at radius 3 is 2.33 bits per heavy atom. The van der Waals surface area contributed by atoms with Gasteiger partial charge in [0.1, 0.15) is 0 Å². The number of anilines is 2. The SMILES string of the molecule is CCN(C(=O)C(=O)NC(=O)c1ccc(N)cc1)c1cccc(C)c1. The number of hydrogen-bond donors (Lipinski definition) is 2. The summed E-state index contributed by atoms with van der Waals surface area (Å²) in [5, 5.41) is 2.10. The number of likely N-dealkylation sites (N-methyl/N-ethyl adjacent to an activating group) is 1. The van der Waals surface area contributed by atoms with Gasteiger partial charge in [0.2, 0.25) is 0 Å². The molecule has 0 unspecified atom stereocenters. The first-order valence-electron chi connectivity index (χ1n) is 7.51. The number of imide groups is 1. The van der Waals surface area contributed by atoms with Gasteiger partial charge in [0.25, 0.3) is 5.91 Å². The second-order valence-electron chi connectivity index (χ2n) is 5.29. The van der Waals surface area contributed by atoms with E-state index in [1.807, 2.05) is 13.0 Å². The minimum atomic E-state index is -0.972. The number of amides is 3. The van der Waals surface area contributed by atoms with E-state index in [0.717, 1.165) is 5.56 Å². The van der Waals surface area contributed by atoms with Gasteiger partial charge in [-0.2, -0.15) is 0 Å². The third-order valence-corrected chi connectivity index (χ3v) is 3.47. The molecule has 6 heteroatoms. The Morgan fingerprint density at radius 2 is 1.75 bits per heavy atom. The summed E-state index contributed by atoms with van der Waals surface area (Å²) in [5.74, 6) is -2.40. The van der Waals surface area contributed by atoms with E-state index < -0.39 is 17.7 Å². The number of aryl methyl sites for hydroxylation is 1. The van der Waals surface area contributed by atoms with Gasteiger partial charge >= 0.3 is 11.8 Å². The summed E-state index contributed by atoms with van der Waals surface area (Å²) in [5.41, 5.74) is 7.89. The highest BCUT2D eigenvalue weighted by Gasteiger charge is 2.24. The first-order chi connectivity index (χ1) is 11.4. The lowest BCUT2D eigenvalue weighted by Gasteiger charge is -2.20. The number of nitrogens with one attached hydrogen (secondary N) is 1. The van der Waals surface area contributed by atoms with Gasteiger partial charge in [0.15, 0.2) is 0 Å². The van der Waals surface area contributed by atoms with Gasteiger partial charge in [-0.05, 0) is 55.8 Å². The number of hydrogen-bond acceptors (Lipinski definition) is 4. The van der Waals surface area contributed by atoms with Crippen LogP contribution in [-0.4, -0.2) is 24.3 Å². The van der Waals surface area contributed by atoms with Crippen LogP contribution in [-0.2, 0) is 9.59 Å². The molecule has 24 heavy (non-hydrogen) atoms. The van der Waals surface area contributed by atoms with E-state index in [9.17, 15) is 14.4 Å². The maximum absolute atomic E-state index is 12.3. The summed E-state index contributed by atoms with van der Waals surface area (Å²) in [6.45, 7) is 3.97. The third-order valence-electron chi connectivity index (χ3n) is 3.47. The molecule has 2 aromatic carbocycles. The van der Waals surface area contributed by atoms with Crippen molar-refractivity contribution < 1.29 is 14.4 Å². The number of nitrogen functional groups attached to an aromatic ring is 1. The van der Waals surface area contributed by atoms with E-state index >= 15 is 0 Å². The molecule has 2 rings (SSSR count). The smallest absolute Gasteiger partial charge is 0.316 e. The van der Waals surface area contributed by atoms with Gasteiger partial charge in [-0.15, -0.1) is 0 Å². The summed E-state index contributed by atoms with van der Waals surface area (Å²) >= 11 is 0. The van der Waals surface area contributed by atoms with E-state index in [-0.39, 0.29) is 5.56 Å². The molecule has 6 nitrogen and oxygen atoms in total. The molecule has 2 aromatic rings. The molecule has 0 bridgehead atoms. The Hall–Kier alpha value is -3.15. The molecule has 0 fully saturated rings. The fraction of sp³-hybridized carbons (Fsp3) is 0.167. The van der Waals surface area contributed by atoms with Crippen molar-refractivity contribution in [2.75, 3.05) is 17.2 Å². The Bertz CT molecular complexity index is 769. The van der Waals surface area contributed by atoms with Crippen LogP contribution in [0.5, 0.6) is 0 Å². The van der Waals surface area contributed by atoms with Crippen molar-refractivity contribution in [3.63, 3.8) is 0 Å². The van der Waals surface area contributed by atoms with Gasteiger partial charge in [-0.1, -0.05) is 12.1 Å². The fourth-order valence-electron chi connectivity index (χ4n) is 2.23. The highest BCUT2D eigenvalue weighted by molar-refractivity contribution is 6.43. The molecule has 0 aliphatic carbocycles. The highest BCUT2D eigenvalue weighted by atomic mass is 16.2. The van der Waals surface area contributed by atoms with Crippen molar-refractivity contribution >= 4 is 29.1 Å². The second-order valence-corrected chi connectivity index (χ2v) is 5.29. The lowest BCUT2D eigenvalue weighted by atomic mass is 10.2. The number of nitrogens with two attached hydrogens (primary N) is 1. The molecule has 0 radical (unpaired) electrons. The van der Waals surface area contributed by atoms with E-state index in [2.05, 4.69) is 5.32 Å². The Kier molecular flexibility index (Phi) is 5.31. The van der Waals surface area contributed by atoms with Crippen LogP contribution in [0.4, 0.5) is 11.4 Å². The standard InChI is InChI=1S/C18H19N3O3/c1-3-21(15-6-4-5-12(2)11-15)18(24)17(23)20-16(22)13-7-9-14(19)10-8-13/h4-11H,3,19H2,1-2H3,(H,20,22,23). The third kappa shape index (κ3) is 3.98. The van der Waals surface area contributed by atoms with Crippen molar-refractivity contribution in [3.8, 4) is 0 Å². The predicted octanol–water partition coefficient (Wildman–Crippen LogP) is 1.89. The van der Waals surface area contributed by atoms with Crippen molar-refractivity contribution in [2.45, 2.75) is 13.8 Å². The lowest BCUT2D eigenvalue weighted by Crippen LogP contribution is -2.45. The van der Waals surface area contributed by atoms with Crippen LogP contribution < -0.4 is 16.0 Å². The second kappa shape index (κ2) is 7.41. The van der Waals surface area contributed by atoms with Crippen LogP contribution in [0, 0.1) is 6.92 Å². The maximum atomic E-state index is 12.3. The van der Waals surface area contributed by atoms with Crippen LogP contribution in [0.2, 0.25) is 0 Å². The van der Waals surface area contributed by atoms with Gasteiger partial charge in [-0.25, -0.2) is 0 Å². The first kappa shape index (κ1) is 17.2. The average Bonchev–Trinajstić information content (AvgIpc) is 2.56. The molecule has 0 spiro atoms. The number of carbonyl (C=O) groups excluding carboxylic acids is 3. The average molecular weight is 325 g/mol. The van der Waals surface area contributed by atoms with Gasteiger partial charge in [-0.3, -0.25) is 19.7 Å². The first-order valence-corrected chi connectivity index (χ1v) is 7.51. The lowest BCUT2D eigenvalue weighted by molar-refractivity contribution is -0.137. The van der Waals surface area contributed by atoms with Crippen molar-refractivity contribution in [1.82, 2.24) is 5.32 Å². The summed E-state index contributed by atoms with van der Waals surface area (Å²) in [7, 11) is 0. The number of nitrogens with zero attached hydrogens (tertiary/aromatic N) is 1. The Morgan fingerprint density at radius 1 is 1.08 bits per heavy atom. The Labute approximate surface area is 140 Å². The largest absolute Gasteiger partial charge is 0.399 e. The van der Waals surface area contributed by atoms with Crippen molar-refractivity contribution in [1.29, 1.82) is 0 Å². The monoisotopic (exact) mass is 325 g/mol. The van der Waals surface area contributed by atoms with E-state index in [4.69, 9.17) is 5.73 Å². The molecular weight excluding hydrogens is 306 g/mol. The van der Waals surface area contributed by atoms with Gasteiger partial charge < -0.3 is 10.6 Å². The quantitative estimate of drug-likeness (QED) is 0.666. The molecule has 0 saturated heterocycles. The van der Waals surface area contributed by atoms with Crippen molar-refractivity contribution in [2.24, 2.45) is 0 Å². The van der Waals surface area contributed by atoms with Crippen LogP contribution >= 0.6 is 0 Å². The predicted molar refractivity (Wildman–Crippen MR) is 92.5 cm³/mol. The highest BCUT2D eigenvalue weighted by Crippen LogP contribution is 2.16. The minimum absolute atomic E-state index is 0.254. The maximum Gasteiger partial charge on any atom is 0.316 e. The van der Waals surface area contributed by atoms with Crippen molar-refractivity contribution in [3.05, 3.63) is 59.7 Å². The van der Waals surface area contributed by atoms with Gasteiger partial charge in [0.05, 0.1) is 0 Å². The molecule has 0 saturated carbocycles. The zero-order valence-corrected chi connectivity index (χ0v) is 13.6. The van der Waals surface area contributed by atoms with Crippen LogP contribution in [0.25, 0.3) is 0 Å². The molecule has 3 amide bonds. The molecule has 0 aromatic heterocycles. The molecule has 0 atom stereocenters. The van der Waals surface area contributed by atoms with Gasteiger partial charge in [0, 0.05) is 23.5 Å². The van der Waals surface area contributed by atoms with E-state index in [0.29, 0.717) is 17.9 Å². The number of benzene rings is 2. The normalized spacial score (nSPS) is 10.1. The summed E-state index contributed by atoms with van der Waals surface area (Å²) < 4.78 is 0. The molecule has 0 aliphatic heterocycles. The molecule has 124 valence electrons. The fourth-order valence-corrected chi connectivity index (χ4v) is 2.23. The zero-order valence-electron chi connectivity index (χ0n) is 13.6. The van der Waals surface area contributed by atoms with Crippen LogP contribution in [0.1, 0.15) is 22.8 Å².